The van der Waals surface area contributed by atoms with E-state index in [4.69, 9.17) is 11.6 Å². The van der Waals surface area contributed by atoms with Gasteiger partial charge in [-0.3, -0.25) is 9.69 Å². The van der Waals surface area contributed by atoms with Crippen LogP contribution in [0.4, 0.5) is 5.69 Å². The van der Waals surface area contributed by atoms with Crippen molar-refractivity contribution in [2.24, 2.45) is 0 Å². The standard InChI is InChI=1S/C21H28ClN3O3S2/c1-16-9-12-29-20(16)14-24(2)15-21(26)23-19-13-17(7-8-18(19)22)30(27,28)25-10-5-3-4-6-11-25/h7-9,12-13H,3-6,10-11,14-15H2,1-2H3,(H,23,26). The SMILES string of the molecule is Cc1ccsc1CN(C)CC(=O)Nc1cc(S(=O)(=O)N2CCCCCC2)ccc1Cl. The molecule has 0 aliphatic carbocycles. The van der Waals surface area contributed by atoms with Crippen LogP contribution in [-0.4, -0.2) is 50.2 Å². The molecule has 1 amide bonds. The summed E-state index contributed by atoms with van der Waals surface area (Å²) in [5.74, 6) is -0.238. The van der Waals surface area contributed by atoms with E-state index in [2.05, 4.69) is 18.3 Å². The number of carbonyl (C=O) groups excluding carboxylic acids is 1. The maximum absolute atomic E-state index is 13.0. The molecule has 1 aromatic carbocycles. The Labute approximate surface area is 187 Å². The van der Waals surface area contributed by atoms with Crippen LogP contribution in [0.15, 0.2) is 34.5 Å². The molecule has 1 N–H and O–H groups in total. The van der Waals surface area contributed by atoms with Crippen molar-refractivity contribution in [1.82, 2.24) is 9.21 Å². The fourth-order valence-corrected chi connectivity index (χ4v) is 6.19. The lowest BCUT2D eigenvalue weighted by Gasteiger charge is -2.21. The summed E-state index contributed by atoms with van der Waals surface area (Å²) in [5.41, 5.74) is 1.53. The third-order valence-electron chi connectivity index (χ3n) is 5.21. The number of amides is 1. The fourth-order valence-electron chi connectivity index (χ4n) is 3.49. The normalized spacial score (nSPS) is 15.9. The molecule has 0 saturated carbocycles. The van der Waals surface area contributed by atoms with Crippen molar-refractivity contribution in [1.29, 1.82) is 0 Å². The third-order valence-corrected chi connectivity index (χ3v) is 8.44. The average Bonchev–Trinajstić information content (AvgIpc) is 2.93. The summed E-state index contributed by atoms with van der Waals surface area (Å²) < 4.78 is 27.6. The lowest BCUT2D eigenvalue weighted by Crippen LogP contribution is -2.32. The molecule has 1 aliphatic heterocycles. The molecule has 1 aliphatic rings. The summed E-state index contributed by atoms with van der Waals surface area (Å²) in [4.78, 5) is 15.8. The summed E-state index contributed by atoms with van der Waals surface area (Å²) in [5, 5.41) is 5.12. The van der Waals surface area contributed by atoms with E-state index < -0.39 is 10.0 Å². The van der Waals surface area contributed by atoms with Gasteiger partial charge < -0.3 is 5.32 Å². The number of thiophene rings is 1. The van der Waals surface area contributed by atoms with Gasteiger partial charge in [0.15, 0.2) is 0 Å². The van der Waals surface area contributed by atoms with Crippen molar-refractivity contribution in [3.63, 3.8) is 0 Å². The lowest BCUT2D eigenvalue weighted by atomic mass is 10.2. The highest BCUT2D eigenvalue weighted by molar-refractivity contribution is 7.89. The molecule has 0 unspecified atom stereocenters. The van der Waals surface area contributed by atoms with E-state index in [0.29, 0.717) is 30.3 Å². The zero-order valence-electron chi connectivity index (χ0n) is 17.4. The number of halogens is 1. The Bertz CT molecular complexity index is 983. The summed E-state index contributed by atoms with van der Waals surface area (Å²) in [6, 6.07) is 6.55. The highest BCUT2D eigenvalue weighted by atomic mass is 35.5. The zero-order chi connectivity index (χ0) is 21.7. The first-order valence-electron chi connectivity index (χ1n) is 10.1. The predicted molar refractivity (Wildman–Crippen MR) is 123 cm³/mol. The van der Waals surface area contributed by atoms with E-state index in [0.717, 1.165) is 25.7 Å². The molecule has 6 nitrogen and oxygen atoms in total. The number of likely N-dealkylation sites (N-methyl/N-ethyl adjacent to an activating group) is 1. The number of nitrogens with zero attached hydrogens (tertiary/aromatic N) is 2. The van der Waals surface area contributed by atoms with Crippen molar-refractivity contribution >= 4 is 44.6 Å². The monoisotopic (exact) mass is 469 g/mol. The summed E-state index contributed by atoms with van der Waals surface area (Å²) in [6.07, 6.45) is 3.83. The second-order valence-electron chi connectivity index (χ2n) is 7.71. The van der Waals surface area contributed by atoms with Gasteiger partial charge in [-0.25, -0.2) is 8.42 Å². The molecular formula is C21H28ClN3O3S2. The smallest absolute Gasteiger partial charge is 0.243 e. The highest BCUT2D eigenvalue weighted by Gasteiger charge is 2.26. The maximum Gasteiger partial charge on any atom is 0.243 e. The Morgan fingerprint density at radius 3 is 2.53 bits per heavy atom. The van der Waals surface area contributed by atoms with Gasteiger partial charge in [0.05, 0.1) is 22.2 Å². The van der Waals surface area contributed by atoms with Crippen LogP contribution in [0.1, 0.15) is 36.1 Å². The van der Waals surface area contributed by atoms with E-state index in [1.165, 1.54) is 32.9 Å². The van der Waals surface area contributed by atoms with Crippen molar-refractivity contribution in [2.45, 2.75) is 44.0 Å². The first-order chi connectivity index (χ1) is 14.3. The number of hydrogen-bond acceptors (Lipinski definition) is 5. The maximum atomic E-state index is 13.0. The van der Waals surface area contributed by atoms with Crippen LogP contribution in [0.2, 0.25) is 5.02 Å². The molecular weight excluding hydrogens is 442 g/mol. The van der Waals surface area contributed by atoms with E-state index >= 15 is 0 Å². The average molecular weight is 470 g/mol. The molecule has 2 heterocycles. The van der Waals surface area contributed by atoms with E-state index in [1.54, 1.807) is 11.3 Å². The molecule has 1 fully saturated rings. The van der Waals surface area contributed by atoms with Crippen molar-refractivity contribution in [3.05, 3.63) is 45.1 Å². The van der Waals surface area contributed by atoms with Crippen LogP contribution in [0.3, 0.4) is 0 Å². The van der Waals surface area contributed by atoms with E-state index in [-0.39, 0.29) is 17.3 Å². The van der Waals surface area contributed by atoms with Crippen LogP contribution in [0, 0.1) is 6.92 Å². The van der Waals surface area contributed by atoms with Gasteiger partial charge in [0.25, 0.3) is 0 Å². The molecule has 0 spiro atoms. The summed E-state index contributed by atoms with van der Waals surface area (Å²) >= 11 is 7.90. The molecule has 1 saturated heterocycles. The van der Waals surface area contributed by atoms with E-state index in [9.17, 15) is 13.2 Å². The predicted octanol–water partition coefficient (Wildman–Crippen LogP) is 4.35. The molecule has 0 atom stereocenters. The van der Waals surface area contributed by atoms with Crippen LogP contribution < -0.4 is 5.32 Å². The zero-order valence-corrected chi connectivity index (χ0v) is 19.7. The second kappa shape index (κ2) is 10.2. The molecule has 3 rings (SSSR count). The number of sulfonamides is 1. The van der Waals surface area contributed by atoms with Gasteiger partial charge in [-0.2, -0.15) is 4.31 Å². The van der Waals surface area contributed by atoms with Crippen molar-refractivity contribution in [3.8, 4) is 0 Å². The number of nitrogens with one attached hydrogen (secondary N) is 1. The molecule has 9 heteroatoms. The molecule has 0 radical (unpaired) electrons. The first kappa shape index (κ1) is 23.2. The van der Waals surface area contributed by atoms with Gasteiger partial charge >= 0.3 is 0 Å². The number of carbonyl (C=O) groups is 1. The lowest BCUT2D eigenvalue weighted by molar-refractivity contribution is -0.117. The molecule has 1 aromatic heterocycles. The Morgan fingerprint density at radius 2 is 1.90 bits per heavy atom. The number of hydrogen-bond donors (Lipinski definition) is 1. The molecule has 0 bridgehead atoms. The Morgan fingerprint density at radius 1 is 1.20 bits per heavy atom. The number of anilines is 1. The van der Waals surface area contributed by atoms with Gasteiger partial charge in [0.2, 0.25) is 15.9 Å². The number of aryl methyl sites for hydroxylation is 1. The summed E-state index contributed by atoms with van der Waals surface area (Å²) in [7, 11) is -1.73. The van der Waals surface area contributed by atoms with Gasteiger partial charge in [-0.15, -0.1) is 11.3 Å². The van der Waals surface area contributed by atoms with Gasteiger partial charge in [0.1, 0.15) is 0 Å². The highest BCUT2D eigenvalue weighted by Crippen LogP contribution is 2.28. The molecule has 2 aromatic rings. The minimum atomic E-state index is -3.61. The topological polar surface area (TPSA) is 69.7 Å². The Kier molecular flexibility index (Phi) is 7.92. The largest absolute Gasteiger partial charge is 0.324 e. The number of benzene rings is 1. The van der Waals surface area contributed by atoms with Crippen LogP contribution in [-0.2, 0) is 21.4 Å². The molecule has 30 heavy (non-hydrogen) atoms. The van der Waals surface area contributed by atoms with Crippen LogP contribution in [0.5, 0.6) is 0 Å². The second-order valence-corrected chi connectivity index (χ2v) is 11.1. The van der Waals surface area contributed by atoms with Crippen molar-refractivity contribution < 1.29 is 13.2 Å². The summed E-state index contributed by atoms with van der Waals surface area (Å²) in [6.45, 7) is 3.96. The Hall–Kier alpha value is -1.45. The van der Waals surface area contributed by atoms with Gasteiger partial charge in [-0.1, -0.05) is 24.4 Å². The fraction of sp³-hybridized carbons (Fsp3) is 0.476. The van der Waals surface area contributed by atoms with Gasteiger partial charge in [0, 0.05) is 24.5 Å². The minimum absolute atomic E-state index is 0.159. The van der Waals surface area contributed by atoms with Crippen LogP contribution in [0.25, 0.3) is 0 Å². The van der Waals surface area contributed by atoms with Crippen LogP contribution >= 0.6 is 22.9 Å². The Balaban J connectivity index is 1.68. The number of rotatable bonds is 7. The first-order valence-corrected chi connectivity index (χ1v) is 12.8. The van der Waals surface area contributed by atoms with Gasteiger partial charge in [-0.05, 0) is 62.0 Å². The minimum Gasteiger partial charge on any atom is -0.324 e. The molecule has 164 valence electrons. The van der Waals surface area contributed by atoms with E-state index in [1.807, 2.05) is 17.3 Å². The van der Waals surface area contributed by atoms with Crippen molar-refractivity contribution in [2.75, 3.05) is 32.0 Å². The quantitative estimate of drug-likeness (QED) is 0.654. The third kappa shape index (κ3) is 5.82.